The first-order valence-corrected chi connectivity index (χ1v) is 6.78. The van der Waals surface area contributed by atoms with Crippen molar-refractivity contribution in [3.8, 4) is 16.9 Å². The predicted molar refractivity (Wildman–Crippen MR) is 66.9 cm³/mol. The molecule has 0 spiro atoms. The van der Waals surface area contributed by atoms with Gasteiger partial charge in [0.1, 0.15) is 5.75 Å². The number of rotatable bonds is 2. The maximum atomic E-state index is 10.8. The first-order valence-electron chi connectivity index (χ1n) is 5.42. The van der Waals surface area contributed by atoms with E-state index < -0.39 is 10.4 Å². The van der Waals surface area contributed by atoms with Crippen LogP contribution in [0.4, 0.5) is 0 Å². The highest BCUT2D eigenvalue weighted by Gasteiger charge is 2.23. The van der Waals surface area contributed by atoms with Crippen LogP contribution in [0.2, 0.25) is 0 Å². The van der Waals surface area contributed by atoms with Gasteiger partial charge >= 0.3 is 10.4 Å². The highest BCUT2D eigenvalue weighted by atomic mass is 32.3. The fourth-order valence-electron chi connectivity index (χ4n) is 2.32. The van der Waals surface area contributed by atoms with Crippen LogP contribution >= 0.6 is 0 Å². The van der Waals surface area contributed by atoms with Crippen molar-refractivity contribution in [2.24, 2.45) is 0 Å². The van der Waals surface area contributed by atoms with Gasteiger partial charge in [0.25, 0.3) is 0 Å². The van der Waals surface area contributed by atoms with Crippen molar-refractivity contribution in [1.82, 2.24) is 0 Å². The lowest BCUT2D eigenvalue weighted by Gasteiger charge is -2.07. The third-order valence-electron chi connectivity index (χ3n) is 3.00. The first kappa shape index (κ1) is 11.3. The minimum absolute atomic E-state index is 0.186. The minimum atomic E-state index is -4.49. The van der Waals surface area contributed by atoms with Crippen LogP contribution < -0.4 is 4.18 Å². The van der Waals surface area contributed by atoms with E-state index in [1.165, 1.54) is 0 Å². The van der Waals surface area contributed by atoms with Gasteiger partial charge in [0.05, 0.1) is 0 Å². The fourth-order valence-corrected chi connectivity index (χ4v) is 2.70. The molecule has 1 N–H and O–H groups in total. The third-order valence-corrected chi connectivity index (χ3v) is 3.39. The fraction of sp³-hybridized carbons (Fsp3) is 0.0769. The summed E-state index contributed by atoms with van der Waals surface area (Å²) in [6.07, 6.45) is 0.608. The molecule has 0 aromatic heterocycles. The Morgan fingerprint density at radius 1 is 1.00 bits per heavy atom. The Bertz CT molecular complexity index is 720. The Morgan fingerprint density at radius 3 is 2.50 bits per heavy atom. The van der Waals surface area contributed by atoms with Crippen LogP contribution in [0.5, 0.6) is 5.75 Å². The van der Waals surface area contributed by atoms with Gasteiger partial charge in [-0.3, -0.25) is 4.55 Å². The van der Waals surface area contributed by atoms with Gasteiger partial charge in [0.2, 0.25) is 0 Å². The van der Waals surface area contributed by atoms with Gasteiger partial charge in [0.15, 0.2) is 0 Å². The molecule has 0 radical (unpaired) electrons. The van der Waals surface area contributed by atoms with Crippen molar-refractivity contribution in [1.29, 1.82) is 0 Å². The summed E-state index contributed by atoms with van der Waals surface area (Å²) in [6, 6.07) is 13.0. The van der Waals surface area contributed by atoms with Gasteiger partial charge in [0, 0.05) is 12.0 Å². The molecule has 0 fully saturated rings. The monoisotopic (exact) mass is 262 g/mol. The van der Waals surface area contributed by atoms with E-state index in [-0.39, 0.29) is 5.75 Å². The summed E-state index contributed by atoms with van der Waals surface area (Å²) in [7, 11) is -4.49. The van der Waals surface area contributed by atoms with E-state index in [9.17, 15) is 8.42 Å². The van der Waals surface area contributed by atoms with Gasteiger partial charge in [-0.1, -0.05) is 36.4 Å². The van der Waals surface area contributed by atoms with Crippen LogP contribution in [0.15, 0.2) is 42.5 Å². The van der Waals surface area contributed by atoms with Crippen LogP contribution in [0.1, 0.15) is 11.1 Å². The van der Waals surface area contributed by atoms with Crippen molar-refractivity contribution in [3.63, 3.8) is 0 Å². The molecule has 0 amide bonds. The molecular weight excluding hydrogens is 252 g/mol. The van der Waals surface area contributed by atoms with Crippen molar-refractivity contribution >= 4 is 10.4 Å². The van der Waals surface area contributed by atoms with Crippen LogP contribution in [0.3, 0.4) is 0 Å². The van der Waals surface area contributed by atoms with Crippen LogP contribution in [0.25, 0.3) is 11.1 Å². The standard InChI is InChI=1S/C13H10O4S/c14-18(15,16)17-13-7-3-6-11-10-5-2-1-4-9(10)8-12(11)13/h1-7H,8H2,(H,14,15,16). The molecule has 4 nitrogen and oxygen atoms in total. The van der Waals surface area contributed by atoms with E-state index in [1.807, 2.05) is 30.3 Å². The lowest BCUT2D eigenvalue weighted by molar-refractivity contribution is 0.385. The van der Waals surface area contributed by atoms with E-state index in [0.29, 0.717) is 6.42 Å². The van der Waals surface area contributed by atoms with Crippen molar-refractivity contribution < 1.29 is 17.2 Å². The average molecular weight is 262 g/mol. The van der Waals surface area contributed by atoms with Crippen LogP contribution in [0, 0.1) is 0 Å². The van der Waals surface area contributed by atoms with E-state index in [2.05, 4.69) is 4.18 Å². The molecule has 3 rings (SSSR count). The summed E-state index contributed by atoms with van der Waals surface area (Å²) in [4.78, 5) is 0. The van der Waals surface area contributed by atoms with Gasteiger partial charge in [-0.25, -0.2) is 0 Å². The van der Waals surface area contributed by atoms with E-state index in [0.717, 1.165) is 22.3 Å². The summed E-state index contributed by atoms with van der Waals surface area (Å²) in [5, 5.41) is 0. The average Bonchev–Trinajstić information content (AvgIpc) is 2.67. The topological polar surface area (TPSA) is 63.6 Å². The summed E-state index contributed by atoms with van der Waals surface area (Å²) < 4.78 is 35.0. The quantitative estimate of drug-likeness (QED) is 0.720. The maximum absolute atomic E-state index is 10.8. The maximum Gasteiger partial charge on any atom is 0.446 e. The molecule has 0 saturated carbocycles. The Balaban J connectivity index is 2.14. The molecule has 18 heavy (non-hydrogen) atoms. The van der Waals surface area contributed by atoms with Crippen LogP contribution in [-0.2, 0) is 16.8 Å². The van der Waals surface area contributed by atoms with E-state index in [1.54, 1.807) is 12.1 Å². The molecule has 1 aliphatic carbocycles. The number of hydrogen-bond acceptors (Lipinski definition) is 3. The largest absolute Gasteiger partial charge is 0.446 e. The van der Waals surface area contributed by atoms with Crippen molar-refractivity contribution in [2.45, 2.75) is 6.42 Å². The highest BCUT2D eigenvalue weighted by molar-refractivity contribution is 7.81. The highest BCUT2D eigenvalue weighted by Crippen LogP contribution is 2.41. The van der Waals surface area contributed by atoms with Gasteiger partial charge in [-0.15, -0.1) is 0 Å². The normalized spacial score (nSPS) is 12.9. The number of hydrogen-bond donors (Lipinski definition) is 1. The van der Waals surface area contributed by atoms with Crippen molar-refractivity contribution in [3.05, 3.63) is 53.6 Å². The molecule has 2 aromatic rings. The lowest BCUT2D eigenvalue weighted by atomic mass is 10.1. The Labute approximate surface area is 105 Å². The van der Waals surface area contributed by atoms with Crippen molar-refractivity contribution in [2.75, 3.05) is 0 Å². The SMILES string of the molecule is O=S(=O)(O)Oc1cccc2c1Cc1ccccc1-2. The number of benzene rings is 2. The zero-order valence-electron chi connectivity index (χ0n) is 9.33. The molecule has 0 unspecified atom stereocenters. The minimum Gasteiger partial charge on any atom is -0.361 e. The van der Waals surface area contributed by atoms with E-state index in [4.69, 9.17) is 4.55 Å². The second-order valence-corrected chi connectivity index (χ2v) is 5.15. The molecule has 1 aliphatic rings. The van der Waals surface area contributed by atoms with E-state index >= 15 is 0 Å². The summed E-state index contributed by atoms with van der Waals surface area (Å²) >= 11 is 0. The Morgan fingerprint density at radius 2 is 1.72 bits per heavy atom. The summed E-state index contributed by atoms with van der Waals surface area (Å²) in [5.74, 6) is 0.186. The van der Waals surface area contributed by atoms with Crippen LogP contribution in [-0.4, -0.2) is 13.0 Å². The smallest absolute Gasteiger partial charge is 0.361 e. The lowest BCUT2D eigenvalue weighted by Crippen LogP contribution is -2.08. The first-order chi connectivity index (χ1) is 8.54. The van der Waals surface area contributed by atoms with Gasteiger partial charge < -0.3 is 4.18 Å². The molecule has 0 bridgehead atoms. The Hall–Kier alpha value is -1.85. The molecule has 2 aromatic carbocycles. The second-order valence-electron chi connectivity index (χ2n) is 4.13. The molecule has 0 heterocycles. The zero-order chi connectivity index (χ0) is 12.8. The summed E-state index contributed by atoms with van der Waals surface area (Å²) in [6.45, 7) is 0. The zero-order valence-corrected chi connectivity index (χ0v) is 10.1. The Kier molecular flexibility index (Phi) is 2.39. The molecule has 0 aliphatic heterocycles. The van der Waals surface area contributed by atoms with Gasteiger partial charge in [-0.2, -0.15) is 8.42 Å². The second kappa shape index (κ2) is 3.83. The number of fused-ring (bicyclic) bond motifs is 3. The molecule has 0 saturated heterocycles. The predicted octanol–water partition coefficient (Wildman–Crippen LogP) is 2.44. The third kappa shape index (κ3) is 1.87. The van der Waals surface area contributed by atoms with Gasteiger partial charge in [-0.05, 0) is 22.8 Å². The summed E-state index contributed by atoms with van der Waals surface area (Å²) in [5.41, 5.74) is 3.94. The molecular formula is C13H10O4S. The molecule has 92 valence electrons. The molecule has 5 heteroatoms. The molecule has 0 atom stereocenters.